The van der Waals surface area contributed by atoms with Crippen molar-refractivity contribution in [2.75, 3.05) is 32.9 Å². The molecule has 0 rings (SSSR count). The van der Waals surface area contributed by atoms with Gasteiger partial charge in [0.2, 0.25) is 10.0 Å². The number of halogens is 1. The third-order valence-corrected chi connectivity index (χ3v) is 4.36. The number of hydrogen-bond donors (Lipinski definition) is 2. The fraction of sp³-hybridized carbons (Fsp3) is 0.917. The van der Waals surface area contributed by atoms with E-state index in [0.29, 0.717) is 13.1 Å². The van der Waals surface area contributed by atoms with E-state index in [0.717, 1.165) is 12.4 Å². The molecule has 0 unspecified atom stereocenters. The molecule has 0 aliphatic rings. The van der Waals surface area contributed by atoms with Crippen molar-refractivity contribution in [3.8, 4) is 0 Å². The van der Waals surface area contributed by atoms with E-state index in [1.54, 1.807) is 21.0 Å². The van der Waals surface area contributed by atoms with E-state index in [4.69, 9.17) is 0 Å². The highest BCUT2D eigenvalue weighted by Gasteiger charge is 2.14. The molecule has 0 aromatic rings. The fourth-order valence-corrected chi connectivity index (χ4v) is 2.25. The maximum absolute atomic E-state index is 11.5. The minimum atomic E-state index is -3.07. The lowest BCUT2D eigenvalue weighted by atomic mass is 10.1. The topological polar surface area (TPSA) is 73.8 Å². The van der Waals surface area contributed by atoms with Gasteiger partial charge in [-0.2, -0.15) is 0 Å². The third kappa shape index (κ3) is 9.76. The molecule has 0 amide bonds. The average Bonchev–Trinajstić information content (AvgIpc) is 2.31. The molecule has 0 saturated heterocycles. The monoisotopic (exact) mass is 420 g/mol. The molecule has 6 nitrogen and oxygen atoms in total. The van der Waals surface area contributed by atoms with Crippen LogP contribution in [0.15, 0.2) is 4.99 Å². The molecular formula is C12H29IN4O2S. The summed E-state index contributed by atoms with van der Waals surface area (Å²) in [5.74, 6) is 0.873. The number of nitrogens with one attached hydrogen (secondary N) is 2. The van der Waals surface area contributed by atoms with Crippen molar-refractivity contribution in [3.63, 3.8) is 0 Å². The molecule has 2 N–H and O–H groups in total. The van der Waals surface area contributed by atoms with Crippen molar-refractivity contribution in [3.05, 3.63) is 0 Å². The van der Waals surface area contributed by atoms with Crippen LogP contribution in [0.5, 0.6) is 0 Å². The average molecular weight is 420 g/mol. The zero-order valence-electron chi connectivity index (χ0n) is 13.4. The van der Waals surface area contributed by atoms with Crippen molar-refractivity contribution >= 4 is 40.0 Å². The zero-order chi connectivity index (χ0) is 15.1. The first kappa shape index (κ1) is 22.2. The van der Waals surface area contributed by atoms with E-state index in [9.17, 15) is 8.42 Å². The number of nitrogens with zero attached hydrogens (tertiary/aromatic N) is 2. The summed E-state index contributed by atoms with van der Waals surface area (Å²) in [5.41, 5.74) is -0.0514. The summed E-state index contributed by atoms with van der Waals surface area (Å²) >= 11 is 0. The third-order valence-electron chi connectivity index (χ3n) is 2.50. The van der Waals surface area contributed by atoms with Crippen molar-refractivity contribution in [1.29, 1.82) is 0 Å². The van der Waals surface area contributed by atoms with Gasteiger partial charge in [0, 0.05) is 32.7 Å². The van der Waals surface area contributed by atoms with Crippen molar-refractivity contribution < 1.29 is 8.42 Å². The van der Waals surface area contributed by atoms with Gasteiger partial charge in [-0.05, 0) is 34.1 Å². The van der Waals surface area contributed by atoms with Gasteiger partial charge in [0.1, 0.15) is 0 Å². The van der Waals surface area contributed by atoms with Gasteiger partial charge in [-0.1, -0.05) is 0 Å². The second-order valence-electron chi connectivity index (χ2n) is 5.45. The molecule has 20 heavy (non-hydrogen) atoms. The van der Waals surface area contributed by atoms with Crippen molar-refractivity contribution in [1.82, 2.24) is 14.9 Å². The largest absolute Gasteiger partial charge is 0.356 e. The Morgan fingerprint density at radius 1 is 1.30 bits per heavy atom. The van der Waals surface area contributed by atoms with Gasteiger partial charge < -0.3 is 10.6 Å². The van der Waals surface area contributed by atoms with Crippen LogP contribution in [0.4, 0.5) is 0 Å². The molecule has 0 atom stereocenters. The van der Waals surface area contributed by atoms with Crippen LogP contribution in [0.1, 0.15) is 34.1 Å². The van der Waals surface area contributed by atoms with Gasteiger partial charge in [-0.3, -0.25) is 4.99 Å². The molecule has 122 valence electrons. The summed E-state index contributed by atoms with van der Waals surface area (Å²) in [6.07, 6.45) is 0.737. The molecule has 0 fully saturated rings. The Morgan fingerprint density at radius 2 is 1.85 bits per heavy atom. The second-order valence-corrected chi connectivity index (χ2v) is 7.81. The Morgan fingerprint density at radius 3 is 2.25 bits per heavy atom. The molecule has 0 aliphatic heterocycles. The standard InChI is InChI=1S/C12H28N4O2S.HI/c1-7-19(17,18)16(6)10-8-9-14-11(13-5)15-12(2,3)4;/h7-10H2,1-6H3,(H2,13,14,15);1H. The quantitative estimate of drug-likeness (QED) is 0.294. The highest BCUT2D eigenvalue weighted by Crippen LogP contribution is 1.99. The highest BCUT2D eigenvalue weighted by atomic mass is 127. The summed E-state index contributed by atoms with van der Waals surface area (Å²) < 4.78 is 24.5. The van der Waals surface area contributed by atoms with Crippen LogP contribution in [-0.2, 0) is 10.0 Å². The molecule has 8 heteroatoms. The van der Waals surface area contributed by atoms with E-state index < -0.39 is 10.0 Å². The maximum atomic E-state index is 11.5. The molecule has 0 aromatic carbocycles. The minimum Gasteiger partial charge on any atom is -0.356 e. The molecule has 0 saturated carbocycles. The Balaban J connectivity index is 0. The van der Waals surface area contributed by atoms with Gasteiger partial charge in [-0.25, -0.2) is 12.7 Å². The Hall–Kier alpha value is -0.0900. The van der Waals surface area contributed by atoms with E-state index in [-0.39, 0.29) is 35.3 Å². The second kappa shape index (κ2) is 9.78. The first-order valence-electron chi connectivity index (χ1n) is 6.55. The highest BCUT2D eigenvalue weighted by molar-refractivity contribution is 14.0. The molecule has 0 bridgehead atoms. The van der Waals surface area contributed by atoms with Gasteiger partial charge in [0.15, 0.2) is 5.96 Å². The summed E-state index contributed by atoms with van der Waals surface area (Å²) in [7, 11) is 0.256. The Labute approximate surface area is 140 Å². The van der Waals surface area contributed by atoms with Crippen LogP contribution in [0.3, 0.4) is 0 Å². The van der Waals surface area contributed by atoms with Crippen LogP contribution in [0.2, 0.25) is 0 Å². The fourth-order valence-electron chi connectivity index (χ4n) is 1.40. The number of aliphatic imine (C=N–C) groups is 1. The van der Waals surface area contributed by atoms with Crippen LogP contribution >= 0.6 is 24.0 Å². The zero-order valence-corrected chi connectivity index (χ0v) is 16.5. The van der Waals surface area contributed by atoms with Crippen LogP contribution in [0.25, 0.3) is 0 Å². The molecule has 0 aliphatic carbocycles. The van der Waals surface area contributed by atoms with Crippen LogP contribution in [0, 0.1) is 0 Å². The number of sulfonamides is 1. The van der Waals surface area contributed by atoms with Gasteiger partial charge >= 0.3 is 0 Å². The molecule has 0 aromatic heterocycles. The van der Waals surface area contributed by atoms with E-state index in [1.165, 1.54) is 4.31 Å². The normalized spacial score (nSPS) is 13.1. The smallest absolute Gasteiger partial charge is 0.213 e. The summed E-state index contributed by atoms with van der Waals surface area (Å²) in [5, 5.41) is 6.41. The predicted molar refractivity (Wildman–Crippen MR) is 96.4 cm³/mol. The van der Waals surface area contributed by atoms with Gasteiger partial charge in [-0.15, -0.1) is 24.0 Å². The lowest BCUT2D eigenvalue weighted by Crippen LogP contribution is -2.48. The van der Waals surface area contributed by atoms with Crippen LogP contribution in [-0.4, -0.2) is 57.2 Å². The van der Waals surface area contributed by atoms with Crippen molar-refractivity contribution in [2.45, 2.75) is 39.7 Å². The Kier molecular flexibility index (Phi) is 10.8. The minimum absolute atomic E-state index is 0. The van der Waals surface area contributed by atoms with Crippen molar-refractivity contribution in [2.24, 2.45) is 4.99 Å². The number of rotatable bonds is 6. The molecule has 0 radical (unpaired) electrons. The summed E-state index contributed by atoms with van der Waals surface area (Å²) in [6, 6.07) is 0. The van der Waals surface area contributed by atoms with Gasteiger partial charge in [0.25, 0.3) is 0 Å². The van der Waals surface area contributed by atoms with E-state index >= 15 is 0 Å². The lowest BCUT2D eigenvalue weighted by Gasteiger charge is -2.24. The SMILES string of the molecule is CCS(=O)(=O)N(C)CCCNC(=NC)NC(C)(C)C.I. The van der Waals surface area contributed by atoms with Crippen LogP contribution < -0.4 is 10.6 Å². The molecular weight excluding hydrogens is 391 g/mol. The molecule has 0 spiro atoms. The molecule has 0 heterocycles. The van der Waals surface area contributed by atoms with E-state index in [1.807, 2.05) is 0 Å². The number of guanidine groups is 1. The Bertz CT molecular complexity index is 391. The number of hydrogen-bond acceptors (Lipinski definition) is 3. The first-order chi connectivity index (χ1) is 8.62. The summed E-state index contributed by atoms with van der Waals surface area (Å²) in [6.45, 7) is 9.01. The lowest BCUT2D eigenvalue weighted by molar-refractivity contribution is 0.459. The summed E-state index contributed by atoms with van der Waals surface area (Å²) in [4.78, 5) is 4.12. The van der Waals surface area contributed by atoms with Gasteiger partial charge in [0.05, 0.1) is 5.75 Å². The predicted octanol–water partition coefficient (Wildman–Crippen LogP) is 1.24. The first-order valence-corrected chi connectivity index (χ1v) is 8.16. The van der Waals surface area contributed by atoms with E-state index in [2.05, 4.69) is 36.4 Å². The maximum Gasteiger partial charge on any atom is 0.213 e.